The Balaban J connectivity index is 2.20. The number of hydrogen-bond acceptors (Lipinski definition) is 1. The second-order valence-electron chi connectivity index (χ2n) is 3.49. The van der Waals surface area contributed by atoms with Gasteiger partial charge in [-0.15, -0.1) is 0 Å². The van der Waals surface area contributed by atoms with Gasteiger partial charge in [-0.05, 0) is 37.2 Å². The first-order valence-electron chi connectivity index (χ1n) is 4.42. The van der Waals surface area contributed by atoms with Crippen LogP contribution >= 0.6 is 0 Å². The van der Waals surface area contributed by atoms with Gasteiger partial charge in [0, 0.05) is 0 Å². The zero-order valence-electron chi connectivity index (χ0n) is 6.66. The summed E-state index contributed by atoms with van der Waals surface area (Å²) in [6.45, 7) is 0. The Hall–Kier alpha value is -0.560. The molecule has 0 spiro atoms. The fourth-order valence-electron chi connectivity index (χ4n) is 2.02. The first-order chi connectivity index (χ1) is 5.36. The highest BCUT2D eigenvalue weighted by Gasteiger charge is 2.21. The van der Waals surface area contributed by atoms with E-state index in [9.17, 15) is 5.11 Å². The van der Waals surface area contributed by atoms with Gasteiger partial charge in [-0.3, -0.25) is 0 Å². The number of aliphatic hydroxyl groups excluding tert-OH is 1. The van der Waals surface area contributed by atoms with Crippen molar-refractivity contribution in [1.29, 1.82) is 0 Å². The molecule has 0 aromatic rings. The first-order valence-corrected chi connectivity index (χ1v) is 4.42. The summed E-state index contributed by atoms with van der Waals surface area (Å²) >= 11 is 0. The third-order valence-corrected chi connectivity index (χ3v) is 2.64. The van der Waals surface area contributed by atoms with Gasteiger partial charge in [0.2, 0.25) is 0 Å². The number of aliphatic hydroxyl groups is 1. The molecule has 0 bridgehead atoms. The van der Waals surface area contributed by atoms with Crippen LogP contribution in [0.2, 0.25) is 0 Å². The molecule has 0 aromatic carbocycles. The van der Waals surface area contributed by atoms with E-state index in [2.05, 4.69) is 12.2 Å². The number of hydrogen-bond donors (Lipinski definition) is 1. The topological polar surface area (TPSA) is 20.2 Å². The van der Waals surface area contributed by atoms with Crippen molar-refractivity contribution in [1.82, 2.24) is 0 Å². The van der Waals surface area contributed by atoms with Crippen molar-refractivity contribution >= 4 is 0 Å². The molecule has 1 N–H and O–H groups in total. The minimum Gasteiger partial charge on any atom is -0.389 e. The molecule has 2 aliphatic rings. The highest BCUT2D eigenvalue weighted by atomic mass is 16.3. The molecule has 2 aliphatic carbocycles. The molecule has 2 rings (SSSR count). The van der Waals surface area contributed by atoms with Crippen molar-refractivity contribution in [3.05, 3.63) is 23.8 Å². The van der Waals surface area contributed by atoms with Gasteiger partial charge in [-0.1, -0.05) is 18.2 Å². The van der Waals surface area contributed by atoms with E-state index in [0.717, 1.165) is 6.42 Å². The van der Waals surface area contributed by atoms with Gasteiger partial charge >= 0.3 is 0 Å². The SMILES string of the molecule is OC1C=CC2=CCCCC2C1. The van der Waals surface area contributed by atoms with Gasteiger partial charge in [-0.2, -0.15) is 0 Å². The van der Waals surface area contributed by atoms with Crippen molar-refractivity contribution in [2.75, 3.05) is 0 Å². The lowest BCUT2D eigenvalue weighted by Crippen LogP contribution is -2.19. The molecule has 2 atom stereocenters. The van der Waals surface area contributed by atoms with Gasteiger partial charge in [0.25, 0.3) is 0 Å². The van der Waals surface area contributed by atoms with Gasteiger partial charge < -0.3 is 5.11 Å². The van der Waals surface area contributed by atoms with Gasteiger partial charge in [0.1, 0.15) is 0 Å². The summed E-state index contributed by atoms with van der Waals surface area (Å²) in [6.07, 6.45) is 10.9. The van der Waals surface area contributed by atoms with Crippen LogP contribution in [0.25, 0.3) is 0 Å². The van der Waals surface area contributed by atoms with Crippen LogP contribution in [0.15, 0.2) is 23.8 Å². The van der Waals surface area contributed by atoms with Crippen LogP contribution in [0.4, 0.5) is 0 Å². The molecule has 60 valence electrons. The molecule has 0 fully saturated rings. The fourth-order valence-corrected chi connectivity index (χ4v) is 2.02. The Bertz CT molecular complexity index is 203. The van der Waals surface area contributed by atoms with Crippen LogP contribution in [0.3, 0.4) is 0 Å². The van der Waals surface area contributed by atoms with Crippen LogP contribution in [-0.2, 0) is 0 Å². The normalized spacial score (nSPS) is 36.3. The lowest BCUT2D eigenvalue weighted by molar-refractivity contribution is 0.185. The summed E-state index contributed by atoms with van der Waals surface area (Å²) in [6, 6.07) is 0. The Kier molecular flexibility index (Phi) is 1.82. The van der Waals surface area contributed by atoms with Crippen molar-refractivity contribution < 1.29 is 5.11 Å². The van der Waals surface area contributed by atoms with E-state index in [1.54, 1.807) is 0 Å². The maximum atomic E-state index is 9.33. The van der Waals surface area contributed by atoms with Crippen molar-refractivity contribution in [2.45, 2.75) is 31.8 Å². The number of fused-ring (bicyclic) bond motifs is 1. The summed E-state index contributed by atoms with van der Waals surface area (Å²) in [5.74, 6) is 0.656. The van der Waals surface area contributed by atoms with E-state index in [-0.39, 0.29) is 6.10 Å². The van der Waals surface area contributed by atoms with E-state index in [4.69, 9.17) is 0 Å². The van der Waals surface area contributed by atoms with Crippen LogP contribution in [0, 0.1) is 5.92 Å². The molecule has 0 amide bonds. The third-order valence-electron chi connectivity index (χ3n) is 2.64. The highest BCUT2D eigenvalue weighted by Crippen LogP contribution is 2.32. The zero-order chi connectivity index (χ0) is 7.68. The standard InChI is InChI=1S/C10H14O/c11-10-6-5-8-3-1-2-4-9(8)7-10/h3,5-6,9-11H,1-2,4,7H2. The Morgan fingerprint density at radius 1 is 1.45 bits per heavy atom. The van der Waals surface area contributed by atoms with E-state index < -0.39 is 0 Å². The maximum absolute atomic E-state index is 9.33. The minimum atomic E-state index is -0.185. The maximum Gasteiger partial charge on any atom is 0.0729 e. The Morgan fingerprint density at radius 3 is 3.27 bits per heavy atom. The summed E-state index contributed by atoms with van der Waals surface area (Å²) in [7, 11) is 0. The number of allylic oxidation sites excluding steroid dienone is 3. The molecule has 0 aliphatic heterocycles. The van der Waals surface area contributed by atoms with Crippen LogP contribution in [-0.4, -0.2) is 11.2 Å². The molecule has 0 radical (unpaired) electrons. The predicted molar refractivity (Wildman–Crippen MR) is 45.2 cm³/mol. The van der Waals surface area contributed by atoms with Crippen molar-refractivity contribution in [3.63, 3.8) is 0 Å². The Labute approximate surface area is 67.4 Å². The molecule has 0 heterocycles. The lowest BCUT2D eigenvalue weighted by atomic mass is 9.80. The first kappa shape index (κ1) is 7.11. The smallest absolute Gasteiger partial charge is 0.0729 e. The van der Waals surface area contributed by atoms with E-state index in [1.807, 2.05) is 6.08 Å². The van der Waals surface area contributed by atoms with Gasteiger partial charge in [0.15, 0.2) is 0 Å². The van der Waals surface area contributed by atoms with Crippen LogP contribution < -0.4 is 0 Å². The average Bonchev–Trinajstić information content (AvgIpc) is 2.04. The fraction of sp³-hybridized carbons (Fsp3) is 0.600. The van der Waals surface area contributed by atoms with Gasteiger partial charge in [0.05, 0.1) is 6.10 Å². The monoisotopic (exact) mass is 150 g/mol. The predicted octanol–water partition coefficient (Wildman–Crippen LogP) is 2.03. The van der Waals surface area contributed by atoms with Crippen molar-refractivity contribution in [3.8, 4) is 0 Å². The summed E-state index contributed by atoms with van der Waals surface area (Å²) in [5, 5.41) is 9.33. The van der Waals surface area contributed by atoms with Crippen LogP contribution in [0.5, 0.6) is 0 Å². The molecular formula is C10H14O. The second-order valence-corrected chi connectivity index (χ2v) is 3.49. The lowest BCUT2D eigenvalue weighted by Gasteiger charge is -2.27. The summed E-state index contributed by atoms with van der Waals surface area (Å²) < 4.78 is 0. The highest BCUT2D eigenvalue weighted by molar-refractivity contribution is 5.27. The number of rotatable bonds is 0. The molecule has 1 nitrogen and oxygen atoms in total. The average molecular weight is 150 g/mol. The molecule has 2 unspecified atom stereocenters. The third kappa shape index (κ3) is 1.38. The molecule has 0 saturated heterocycles. The van der Waals surface area contributed by atoms with Crippen molar-refractivity contribution in [2.24, 2.45) is 5.92 Å². The van der Waals surface area contributed by atoms with Crippen LogP contribution in [0.1, 0.15) is 25.7 Å². The van der Waals surface area contributed by atoms with Gasteiger partial charge in [-0.25, -0.2) is 0 Å². The minimum absolute atomic E-state index is 0.185. The van der Waals surface area contributed by atoms with E-state index in [0.29, 0.717) is 5.92 Å². The molecule has 0 aromatic heterocycles. The zero-order valence-corrected chi connectivity index (χ0v) is 6.66. The molecule has 11 heavy (non-hydrogen) atoms. The molecule has 0 saturated carbocycles. The summed E-state index contributed by atoms with van der Waals surface area (Å²) in [5.41, 5.74) is 1.46. The quantitative estimate of drug-likeness (QED) is 0.560. The summed E-state index contributed by atoms with van der Waals surface area (Å²) in [4.78, 5) is 0. The van der Waals surface area contributed by atoms with E-state index >= 15 is 0 Å². The largest absolute Gasteiger partial charge is 0.389 e. The second kappa shape index (κ2) is 2.82. The Morgan fingerprint density at radius 2 is 2.36 bits per heavy atom. The molecular weight excluding hydrogens is 136 g/mol. The van der Waals surface area contributed by atoms with E-state index in [1.165, 1.54) is 24.8 Å². The molecule has 1 heteroatoms.